The van der Waals surface area contributed by atoms with Crippen molar-refractivity contribution in [3.05, 3.63) is 70.4 Å². The van der Waals surface area contributed by atoms with Crippen LogP contribution in [0, 0.1) is 23.2 Å². The van der Waals surface area contributed by atoms with E-state index in [9.17, 15) is 9.59 Å². The Labute approximate surface area is 248 Å². The fourth-order valence-electron chi connectivity index (χ4n) is 6.48. The summed E-state index contributed by atoms with van der Waals surface area (Å²) in [6, 6.07) is 19.0. The maximum Gasteiger partial charge on any atom is 0.223 e. The molecular formula is C34H40ClN3O3. The first-order chi connectivity index (χ1) is 20.0. The third-order valence-corrected chi connectivity index (χ3v) is 9.09. The van der Waals surface area contributed by atoms with Crippen molar-refractivity contribution in [1.82, 2.24) is 9.88 Å². The Hall–Kier alpha value is -3.14. The molecular weight excluding hydrogens is 534 g/mol. The van der Waals surface area contributed by atoms with Crippen LogP contribution in [0.15, 0.2) is 48.5 Å². The highest BCUT2D eigenvalue weighted by atomic mass is 35.5. The van der Waals surface area contributed by atoms with Gasteiger partial charge in [0.2, 0.25) is 5.91 Å². The van der Waals surface area contributed by atoms with Gasteiger partial charge in [-0.3, -0.25) is 9.59 Å². The van der Waals surface area contributed by atoms with Crippen LogP contribution in [0.5, 0.6) is 0 Å². The van der Waals surface area contributed by atoms with Gasteiger partial charge in [0.1, 0.15) is 5.78 Å². The number of rotatable bonds is 8. The molecule has 2 aliphatic rings. The molecule has 0 bridgehead atoms. The number of halogens is 1. The van der Waals surface area contributed by atoms with Gasteiger partial charge in [-0.2, -0.15) is 5.26 Å². The first-order valence-electron chi connectivity index (χ1n) is 15.1. The lowest BCUT2D eigenvalue weighted by Crippen LogP contribution is -2.43. The lowest BCUT2D eigenvalue weighted by molar-refractivity contribution is -0.132. The van der Waals surface area contributed by atoms with Gasteiger partial charge in [-0.05, 0) is 93.2 Å². The molecule has 1 aromatic heterocycles. The lowest BCUT2D eigenvalue weighted by Gasteiger charge is -2.27. The molecule has 1 saturated heterocycles. The molecule has 2 atom stereocenters. The molecule has 1 amide bonds. The zero-order chi connectivity index (χ0) is 28.6. The number of unbranched alkanes of at least 4 members (excludes halogenated alkanes) is 1. The molecule has 3 aromatic rings. The summed E-state index contributed by atoms with van der Waals surface area (Å²) >= 11 is 6.29. The topological polar surface area (TPSA) is 84.1 Å². The average molecular weight is 574 g/mol. The van der Waals surface area contributed by atoms with Crippen molar-refractivity contribution in [2.75, 3.05) is 13.2 Å². The fourth-order valence-corrected chi connectivity index (χ4v) is 6.66. The van der Waals surface area contributed by atoms with Gasteiger partial charge in [-0.1, -0.05) is 35.9 Å². The number of fused-ring (bicyclic) bond motifs is 2. The van der Waals surface area contributed by atoms with Crippen LogP contribution in [-0.4, -0.2) is 35.5 Å². The molecule has 7 heteroatoms. The van der Waals surface area contributed by atoms with Crippen LogP contribution in [0.25, 0.3) is 10.9 Å². The molecule has 1 fully saturated rings. The Morgan fingerprint density at radius 3 is 2.56 bits per heavy atom. The average Bonchev–Trinajstić information content (AvgIpc) is 3.32. The number of carbonyl (C=O) groups excluding carboxylic acids is 2. The Balaban J connectivity index is 1.35. The standard InChI is InChI=1S/C34H40ClN3O3/c35-29-12-14-32-28(21-29)22-31(38(32)18-4-3-17-36)13-11-26-9-7-24-5-1-2-6-25(24)8-10-27(23-33(26)39)34(40)37-30-15-19-41-20-16-30/h1-2,5-6,12,14,21-22,26-27,30H,3-4,7-11,13,15-16,18-20,23H2,(H,37,40). The number of nitrogens with one attached hydrogen (secondary N) is 1. The molecule has 0 radical (unpaired) electrons. The summed E-state index contributed by atoms with van der Waals surface area (Å²) in [5.74, 6) is -0.226. The second-order valence-corrected chi connectivity index (χ2v) is 12.0. The van der Waals surface area contributed by atoms with Crippen molar-refractivity contribution in [2.24, 2.45) is 11.8 Å². The first kappa shape index (κ1) is 29.4. The Bertz CT molecular complexity index is 1400. The Kier molecular flexibility index (Phi) is 10.1. The zero-order valence-corrected chi connectivity index (χ0v) is 24.5. The molecule has 1 N–H and O–H groups in total. The van der Waals surface area contributed by atoms with E-state index in [0.29, 0.717) is 37.5 Å². The van der Waals surface area contributed by atoms with Gasteiger partial charge in [-0.15, -0.1) is 0 Å². The van der Waals surface area contributed by atoms with E-state index >= 15 is 0 Å². The summed E-state index contributed by atoms with van der Waals surface area (Å²) in [4.78, 5) is 27.3. The highest BCUT2D eigenvalue weighted by Crippen LogP contribution is 2.30. The lowest BCUT2D eigenvalue weighted by atomic mass is 9.81. The summed E-state index contributed by atoms with van der Waals surface area (Å²) in [6.45, 7) is 2.10. The number of Topliss-reactive ketones (excluding diaryl/α,β-unsaturated/α-hetero) is 1. The van der Waals surface area contributed by atoms with Gasteiger partial charge in [-0.25, -0.2) is 0 Å². The maximum absolute atomic E-state index is 13.8. The van der Waals surface area contributed by atoms with Crippen LogP contribution >= 0.6 is 11.6 Å². The molecule has 41 heavy (non-hydrogen) atoms. The van der Waals surface area contributed by atoms with Crippen molar-refractivity contribution >= 4 is 34.2 Å². The summed E-state index contributed by atoms with van der Waals surface area (Å²) in [5, 5.41) is 14.1. The molecule has 1 aliphatic heterocycles. The van der Waals surface area contributed by atoms with Gasteiger partial charge in [0.15, 0.2) is 0 Å². The van der Waals surface area contributed by atoms with Crippen molar-refractivity contribution in [3.63, 3.8) is 0 Å². The summed E-state index contributed by atoms with van der Waals surface area (Å²) < 4.78 is 7.74. The number of aryl methyl sites for hydroxylation is 4. The van der Waals surface area contributed by atoms with Gasteiger partial charge in [0, 0.05) is 72.1 Å². The number of ketones is 1. The molecule has 0 saturated carbocycles. The van der Waals surface area contributed by atoms with E-state index in [2.05, 4.69) is 46.3 Å². The minimum absolute atomic E-state index is 0.0107. The van der Waals surface area contributed by atoms with Gasteiger partial charge < -0.3 is 14.6 Å². The van der Waals surface area contributed by atoms with E-state index in [4.69, 9.17) is 21.6 Å². The summed E-state index contributed by atoms with van der Waals surface area (Å²) in [7, 11) is 0. The van der Waals surface area contributed by atoms with Gasteiger partial charge in [0.25, 0.3) is 0 Å². The second kappa shape index (κ2) is 14.2. The molecule has 5 rings (SSSR count). The minimum atomic E-state index is -0.321. The molecule has 1 aliphatic carbocycles. The quantitative estimate of drug-likeness (QED) is 0.308. The highest BCUT2D eigenvalue weighted by molar-refractivity contribution is 6.31. The van der Waals surface area contributed by atoms with E-state index < -0.39 is 0 Å². The molecule has 6 nitrogen and oxygen atoms in total. The van der Waals surface area contributed by atoms with Crippen LogP contribution in [0.1, 0.15) is 68.2 Å². The number of hydrogen-bond acceptors (Lipinski definition) is 4. The van der Waals surface area contributed by atoms with Crippen LogP contribution < -0.4 is 5.32 Å². The number of carbonyl (C=O) groups is 2. The predicted octanol–water partition coefficient (Wildman–Crippen LogP) is 6.60. The van der Waals surface area contributed by atoms with E-state index in [0.717, 1.165) is 68.8 Å². The molecule has 2 heterocycles. The van der Waals surface area contributed by atoms with Gasteiger partial charge in [0.05, 0.1) is 6.07 Å². The van der Waals surface area contributed by atoms with Crippen LogP contribution in [0.4, 0.5) is 0 Å². The number of aromatic nitrogens is 1. The number of nitrogens with zero attached hydrogens (tertiary/aromatic N) is 2. The first-order valence-corrected chi connectivity index (χ1v) is 15.5. The predicted molar refractivity (Wildman–Crippen MR) is 162 cm³/mol. The Morgan fingerprint density at radius 2 is 1.80 bits per heavy atom. The summed E-state index contributed by atoms with van der Waals surface area (Å²) in [5.41, 5.74) is 4.85. The SMILES string of the molecule is N#CCCCn1c(CCC2CCc3ccccc3CCC(C(=O)NC3CCOCC3)CC2=O)cc2cc(Cl)ccc21. The van der Waals surface area contributed by atoms with E-state index in [1.807, 2.05) is 18.2 Å². The van der Waals surface area contributed by atoms with Crippen molar-refractivity contribution in [3.8, 4) is 6.07 Å². The monoisotopic (exact) mass is 573 g/mol. The third-order valence-electron chi connectivity index (χ3n) is 8.85. The second-order valence-electron chi connectivity index (χ2n) is 11.6. The van der Waals surface area contributed by atoms with Crippen molar-refractivity contribution in [2.45, 2.75) is 83.2 Å². The normalized spacial score (nSPS) is 20.3. The molecule has 216 valence electrons. The smallest absolute Gasteiger partial charge is 0.223 e. The summed E-state index contributed by atoms with van der Waals surface area (Å²) in [6.07, 6.45) is 7.86. The molecule has 2 unspecified atom stereocenters. The van der Waals surface area contributed by atoms with E-state index in [1.54, 1.807) is 0 Å². The number of ether oxygens (including phenoxy) is 1. The zero-order valence-electron chi connectivity index (χ0n) is 23.7. The minimum Gasteiger partial charge on any atom is -0.381 e. The largest absolute Gasteiger partial charge is 0.381 e. The molecule has 2 aromatic carbocycles. The van der Waals surface area contributed by atoms with Crippen LogP contribution in [0.3, 0.4) is 0 Å². The number of hydrogen-bond donors (Lipinski definition) is 1. The van der Waals surface area contributed by atoms with Gasteiger partial charge >= 0.3 is 0 Å². The highest BCUT2D eigenvalue weighted by Gasteiger charge is 2.30. The van der Waals surface area contributed by atoms with E-state index in [1.165, 1.54) is 16.8 Å². The number of benzene rings is 2. The molecule has 0 spiro atoms. The van der Waals surface area contributed by atoms with Crippen molar-refractivity contribution < 1.29 is 14.3 Å². The van der Waals surface area contributed by atoms with E-state index in [-0.39, 0.29) is 29.6 Å². The van der Waals surface area contributed by atoms with Crippen LogP contribution in [-0.2, 0) is 40.1 Å². The Morgan fingerprint density at radius 1 is 1.05 bits per heavy atom. The van der Waals surface area contributed by atoms with Crippen LogP contribution in [0.2, 0.25) is 5.02 Å². The number of amides is 1. The van der Waals surface area contributed by atoms with Crippen molar-refractivity contribution in [1.29, 1.82) is 5.26 Å². The third kappa shape index (κ3) is 7.58. The fraction of sp³-hybridized carbons (Fsp3) is 0.500. The number of nitriles is 1. The maximum atomic E-state index is 13.8.